The summed E-state index contributed by atoms with van der Waals surface area (Å²) in [5, 5.41) is 4.82. The fourth-order valence-corrected chi connectivity index (χ4v) is 4.24. The Morgan fingerprint density at radius 2 is 1.93 bits per heavy atom. The summed E-state index contributed by atoms with van der Waals surface area (Å²) in [6.45, 7) is 4.57. The van der Waals surface area contributed by atoms with Crippen LogP contribution in [0.25, 0.3) is 5.69 Å². The zero-order valence-electron chi connectivity index (χ0n) is 15.1. The van der Waals surface area contributed by atoms with Crippen LogP contribution in [0.15, 0.2) is 53.4 Å². The molecule has 1 aliphatic heterocycles. The molecule has 0 spiro atoms. The molecule has 1 atom stereocenters. The summed E-state index contributed by atoms with van der Waals surface area (Å²) in [7, 11) is 0. The van der Waals surface area contributed by atoms with Crippen LogP contribution < -0.4 is 4.90 Å². The van der Waals surface area contributed by atoms with Gasteiger partial charge in [0.2, 0.25) is 5.82 Å². The van der Waals surface area contributed by atoms with Crippen molar-refractivity contribution < 1.29 is 9.18 Å². The molecule has 0 saturated heterocycles. The Hall–Kier alpha value is -2.67. The minimum atomic E-state index is -0.319. The lowest BCUT2D eigenvalue weighted by molar-refractivity contribution is 0.0976. The molecule has 0 saturated carbocycles. The molecule has 7 heteroatoms. The van der Waals surface area contributed by atoms with Crippen molar-refractivity contribution in [3.8, 4) is 5.69 Å². The van der Waals surface area contributed by atoms with E-state index in [0.29, 0.717) is 23.3 Å². The maximum absolute atomic E-state index is 13.2. The normalized spacial score (nSPS) is 16.7. The van der Waals surface area contributed by atoms with Crippen LogP contribution in [-0.2, 0) is 0 Å². The van der Waals surface area contributed by atoms with E-state index in [0.717, 1.165) is 17.0 Å². The fraction of sp³-hybridized carbons (Fsp3) is 0.250. The number of rotatable bonds is 2. The maximum atomic E-state index is 13.2. The quantitative estimate of drug-likeness (QED) is 0.665. The molecule has 5 nitrogen and oxygen atoms in total. The van der Waals surface area contributed by atoms with Crippen LogP contribution in [0.5, 0.6) is 0 Å². The van der Waals surface area contributed by atoms with Crippen LogP contribution in [0.4, 0.5) is 10.1 Å². The zero-order chi connectivity index (χ0) is 19.0. The number of aryl methyl sites for hydroxylation is 1. The van der Waals surface area contributed by atoms with Gasteiger partial charge in [-0.1, -0.05) is 19.1 Å². The number of thioether (sulfide) groups is 1. The van der Waals surface area contributed by atoms with Gasteiger partial charge in [-0.15, -0.1) is 16.9 Å². The van der Waals surface area contributed by atoms with Crippen molar-refractivity contribution in [2.24, 2.45) is 0 Å². The third-order valence-corrected chi connectivity index (χ3v) is 5.76. The first-order valence-electron chi connectivity index (χ1n) is 8.80. The number of amides is 1. The van der Waals surface area contributed by atoms with Crippen LogP contribution in [-0.4, -0.2) is 32.5 Å². The highest BCUT2D eigenvalue weighted by atomic mass is 32.2. The smallest absolute Gasteiger partial charge is 0.297 e. The van der Waals surface area contributed by atoms with Gasteiger partial charge in [-0.25, -0.2) is 14.1 Å². The van der Waals surface area contributed by atoms with E-state index < -0.39 is 0 Å². The SMILES string of the molecule is Cc1nc(C(=O)N2CCC(C)Sc3ccccc32)nn1-c1ccc(F)cc1. The van der Waals surface area contributed by atoms with Gasteiger partial charge in [-0.05, 0) is 49.7 Å². The summed E-state index contributed by atoms with van der Waals surface area (Å²) in [6.07, 6.45) is 0.892. The number of hydrogen-bond acceptors (Lipinski definition) is 4. The van der Waals surface area contributed by atoms with E-state index in [9.17, 15) is 9.18 Å². The minimum absolute atomic E-state index is 0.145. The summed E-state index contributed by atoms with van der Waals surface area (Å²) in [5.41, 5.74) is 1.56. The van der Waals surface area contributed by atoms with Gasteiger partial charge >= 0.3 is 0 Å². The summed E-state index contributed by atoms with van der Waals surface area (Å²) in [6, 6.07) is 13.9. The molecule has 1 unspecified atom stereocenters. The summed E-state index contributed by atoms with van der Waals surface area (Å²) >= 11 is 1.78. The van der Waals surface area contributed by atoms with Crippen LogP contribution in [0.1, 0.15) is 29.8 Å². The van der Waals surface area contributed by atoms with Crippen molar-refractivity contribution in [2.45, 2.75) is 30.4 Å². The van der Waals surface area contributed by atoms with E-state index >= 15 is 0 Å². The molecule has 4 rings (SSSR count). The largest absolute Gasteiger partial charge is 0.304 e. The number of carbonyl (C=O) groups excluding carboxylic acids is 1. The molecule has 1 aromatic heterocycles. The second-order valence-electron chi connectivity index (χ2n) is 6.51. The lowest BCUT2D eigenvalue weighted by atomic mass is 10.2. The molecule has 3 aromatic rings. The van der Waals surface area contributed by atoms with Gasteiger partial charge in [0.15, 0.2) is 0 Å². The molecule has 0 aliphatic carbocycles. The molecule has 27 heavy (non-hydrogen) atoms. The number of aromatic nitrogens is 3. The first-order valence-corrected chi connectivity index (χ1v) is 9.68. The lowest BCUT2D eigenvalue weighted by Crippen LogP contribution is -2.33. The molecule has 1 aliphatic rings. The Morgan fingerprint density at radius 3 is 2.70 bits per heavy atom. The predicted molar refractivity (Wildman–Crippen MR) is 104 cm³/mol. The van der Waals surface area contributed by atoms with Crippen LogP contribution >= 0.6 is 11.8 Å². The molecular formula is C20H19FN4OS. The molecule has 2 heterocycles. The highest BCUT2D eigenvalue weighted by molar-refractivity contribution is 8.00. The number of fused-ring (bicyclic) bond motifs is 1. The number of nitrogens with zero attached hydrogens (tertiary/aromatic N) is 4. The molecule has 2 aromatic carbocycles. The van der Waals surface area contributed by atoms with E-state index in [1.54, 1.807) is 40.4 Å². The van der Waals surface area contributed by atoms with Gasteiger partial charge in [-0.3, -0.25) is 4.79 Å². The van der Waals surface area contributed by atoms with Gasteiger partial charge in [0, 0.05) is 16.7 Å². The summed E-state index contributed by atoms with van der Waals surface area (Å²) < 4.78 is 14.7. The summed E-state index contributed by atoms with van der Waals surface area (Å²) in [5.74, 6) is 0.184. The molecule has 138 valence electrons. The number of benzene rings is 2. The number of para-hydroxylation sites is 1. The summed E-state index contributed by atoms with van der Waals surface area (Å²) in [4.78, 5) is 20.4. The van der Waals surface area contributed by atoms with Crippen molar-refractivity contribution in [1.29, 1.82) is 0 Å². The molecule has 0 fully saturated rings. The minimum Gasteiger partial charge on any atom is -0.304 e. The topological polar surface area (TPSA) is 51.0 Å². The number of hydrogen-bond donors (Lipinski definition) is 0. The number of anilines is 1. The first-order chi connectivity index (χ1) is 13.0. The predicted octanol–water partition coefficient (Wildman–Crippen LogP) is 4.25. The van der Waals surface area contributed by atoms with Gasteiger partial charge in [0.1, 0.15) is 11.6 Å². The van der Waals surface area contributed by atoms with Gasteiger partial charge in [-0.2, -0.15) is 0 Å². The zero-order valence-corrected chi connectivity index (χ0v) is 15.9. The lowest BCUT2D eigenvalue weighted by Gasteiger charge is -2.20. The third-order valence-electron chi connectivity index (χ3n) is 4.52. The number of halogens is 1. The van der Waals surface area contributed by atoms with E-state index in [4.69, 9.17) is 0 Å². The van der Waals surface area contributed by atoms with Crippen molar-refractivity contribution in [2.75, 3.05) is 11.4 Å². The fourth-order valence-electron chi connectivity index (χ4n) is 3.13. The maximum Gasteiger partial charge on any atom is 0.297 e. The van der Waals surface area contributed by atoms with Crippen molar-refractivity contribution in [1.82, 2.24) is 14.8 Å². The van der Waals surface area contributed by atoms with E-state index in [2.05, 4.69) is 17.0 Å². The Kier molecular flexibility index (Phi) is 4.70. The van der Waals surface area contributed by atoms with Gasteiger partial charge in [0.25, 0.3) is 5.91 Å². The van der Waals surface area contributed by atoms with Crippen molar-refractivity contribution >= 4 is 23.4 Å². The average molecular weight is 382 g/mol. The Labute approximate surface area is 161 Å². The van der Waals surface area contributed by atoms with E-state index in [1.807, 2.05) is 24.3 Å². The van der Waals surface area contributed by atoms with Gasteiger partial charge < -0.3 is 4.90 Å². The Bertz CT molecular complexity index is 986. The molecule has 0 radical (unpaired) electrons. The second-order valence-corrected chi connectivity index (χ2v) is 7.99. The monoisotopic (exact) mass is 382 g/mol. The first kappa shape index (κ1) is 17.7. The van der Waals surface area contributed by atoms with Crippen LogP contribution in [0.2, 0.25) is 0 Å². The van der Waals surface area contributed by atoms with E-state index in [1.165, 1.54) is 12.1 Å². The highest BCUT2D eigenvalue weighted by Crippen LogP contribution is 2.37. The third kappa shape index (κ3) is 3.47. The van der Waals surface area contributed by atoms with E-state index in [-0.39, 0.29) is 17.5 Å². The molecule has 0 bridgehead atoms. The van der Waals surface area contributed by atoms with Crippen molar-refractivity contribution in [3.05, 3.63) is 66.0 Å². The molecule has 0 N–H and O–H groups in total. The highest BCUT2D eigenvalue weighted by Gasteiger charge is 2.28. The Morgan fingerprint density at radius 1 is 1.19 bits per heavy atom. The number of carbonyl (C=O) groups is 1. The average Bonchev–Trinajstić information content (AvgIpc) is 2.96. The van der Waals surface area contributed by atoms with Gasteiger partial charge in [0.05, 0.1) is 11.4 Å². The van der Waals surface area contributed by atoms with Crippen molar-refractivity contribution in [3.63, 3.8) is 0 Å². The molecule has 1 amide bonds. The van der Waals surface area contributed by atoms with Crippen LogP contribution in [0.3, 0.4) is 0 Å². The Balaban J connectivity index is 1.69. The standard InChI is InChI=1S/C20H19FN4OS/c1-13-11-12-24(17-5-3-4-6-18(17)27-13)20(26)19-22-14(2)25(23-19)16-9-7-15(21)8-10-16/h3-10,13H,11-12H2,1-2H3. The second kappa shape index (κ2) is 7.15. The van der Waals surface area contributed by atoms with Crippen LogP contribution in [0, 0.1) is 12.7 Å². The molecular weight excluding hydrogens is 363 g/mol.